The van der Waals surface area contributed by atoms with Crippen molar-refractivity contribution in [2.45, 2.75) is 6.92 Å². The van der Waals surface area contributed by atoms with Gasteiger partial charge in [0.2, 0.25) is 0 Å². The molecule has 0 bridgehead atoms. The molecule has 258 valence electrons. The van der Waals surface area contributed by atoms with Gasteiger partial charge >= 0.3 is 0 Å². The number of aromatic nitrogens is 4. The SMILES string of the molecule is Cc1cccc(-c2ccc(-c3nc(-c4ccc(-n5c6ccccc6c6c7c8ccccc8n(-c8ccccc8)c7ccc65)cc4)nc4ccccc34)cc2)c1. The lowest BCUT2D eigenvalue weighted by molar-refractivity contribution is 1.17. The van der Waals surface area contributed by atoms with E-state index < -0.39 is 0 Å². The number of nitrogens with zero attached hydrogens (tertiary/aromatic N) is 4. The summed E-state index contributed by atoms with van der Waals surface area (Å²) in [6.07, 6.45) is 0. The van der Waals surface area contributed by atoms with Crippen LogP contribution in [-0.2, 0) is 0 Å². The Hall–Kier alpha value is -7.30. The number of hydrogen-bond donors (Lipinski definition) is 0. The molecule has 0 fully saturated rings. The average molecular weight is 703 g/mol. The third kappa shape index (κ3) is 4.99. The summed E-state index contributed by atoms with van der Waals surface area (Å²) in [5.74, 6) is 0.709. The molecule has 3 aromatic heterocycles. The molecule has 0 aliphatic rings. The van der Waals surface area contributed by atoms with Crippen LogP contribution in [-0.4, -0.2) is 19.1 Å². The van der Waals surface area contributed by atoms with Gasteiger partial charge in [0.15, 0.2) is 5.82 Å². The summed E-state index contributed by atoms with van der Waals surface area (Å²) in [4.78, 5) is 10.3. The van der Waals surface area contributed by atoms with Crippen molar-refractivity contribution < 1.29 is 0 Å². The van der Waals surface area contributed by atoms with Crippen molar-refractivity contribution in [2.75, 3.05) is 0 Å². The van der Waals surface area contributed by atoms with Gasteiger partial charge in [-0.05, 0) is 84.8 Å². The van der Waals surface area contributed by atoms with E-state index >= 15 is 0 Å². The molecule has 11 aromatic rings. The molecule has 4 heteroatoms. The number of fused-ring (bicyclic) bond motifs is 8. The number of para-hydroxylation sites is 4. The molecule has 0 aliphatic heterocycles. The van der Waals surface area contributed by atoms with Crippen LogP contribution in [0.2, 0.25) is 0 Å². The Kier molecular flexibility index (Phi) is 7.04. The van der Waals surface area contributed by atoms with Gasteiger partial charge in [0.1, 0.15) is 0 Å². The second-order valence-electron chi connectivity index (χ2n) is 14.3. The molecular formula is C51H34N4. The molecule has 0 aliphatic carbocycles. The molecule has 0 saturated heterocycles. The van der Waals surface area contributed by atoms with Gasteiger partial charge < -0.3 is 9.13 Å². The van der Waals surface area contributed by atoms with E-state index in [1.165, 1.54) is 60.3 Å². The highest BCUT2D eigenvalue weighted by atomic mass is 15.0. The second-order valence-corrected chi connectivity index (χ2v) is 14.3. The summed E-state index contributed by atoms with van der Waals surface area (Å²) in [5.41, 5.74) is 14.6. The minimum atomic E-state index is 0.709. The lowest BCUT2D eigenvalue weighted by Crippen LogP contribution is -1.97. The number of rotatable bonds is 5. The highest BCUT2D eigenvalue weighted by Crippen LogP contribution is 2.42. The molecule has 3 heterocycles. The first-order chi connectivity index (χ1) is 27.2. The van der Waals surface area contributed by atoms with Crippen molar-refractivity contribution in [1.29, 1.82) is 0 Å². The van der Waals surface area contributed by atoms with Crippen LogP contribution in [0.5, 0.6) is 0 Å². The van der Waals surface area contributed by atoms with Gasteiger partial charge in [-0.15, -0.1) is 0 Å². The van der Waals surface area contributed by atoms with Crippen LogP contribution in [0.3, 0.4) is 0 Å². The van der Waals surface area contributed by atoms with E-state index in [2.05, 4.69) is 198 Å². The number of aryl methyl sites for hydroxylation is 1. The zero-order chi connectivity index (χ0) is 36.5. The summed E-state index contributed by atoms with van der Waals surface area (Å²) in [5, 5.41) is 6.06. The van der Waals surface area contributed by atoms with E-state index in [4.69, 9.17) is 9.97 Å². The predicted octanol–water partition coefficient (Wildman–Crippen LogP) is 13.1. The molecule has 55 heavy (non-hydrogen) atoms. The molecule has 0 amide bonds. The molecule has 0 N–H and O–H groups in total. The van der Waals surface area contributed by atoms with Crippen LogP contribution in [0.15, 0.2) is 188 Å². The first-order valence-corrected chi connectivity index (χ1v) is 18.8. The fourth-order valence-corrected chi connectivity index (χ4v) is 8.48. The van der Waals surface area contributed by atoms with Crippen molar-refractivity contribution in [1.82, 2.24) is 19.1 Å². The minimum Gasteiger partial charge on any atom is -0.309 e. The summed E-state index contributed by atoms with van der Waals surface area (Å²) < 4.78 is 4.78. The van der Waals surface area contributed by atoms with Gasteiger partial charge in [-0.2, -0.15) is 0 Å². The highest BCUT2D eigenvalue weighted by Gasteiger charge is 2.20. The van der Waals surface area contributed by atoms with Crippen molar-refractivity contribution in [2.24, 2.45) is 0 Å². The maximum Gasteiger partial charge on any atom is 0.160 e. The van der Waals surface area contributed by atoms with E-state index in [1.807, 2.05) is 6.07 Å². The molecule has 4 nitrogen and oxygen atoms in total. The molecule has 0 atom stereocenters. The fraction of sp³-hybridized carbons (Fsp3) is 0.0196. The first kappa shape index (κ1) is 31.2. The van der Waals surface area contributed by atoms with Crippen molar-refractivity contribution in [3.63, 3.8) is 0 Å². The number of benzene rings is 8. The first-order valence-electron chi connectivity index (χ1n) is 18.8. The quantitative estimate of drug-likeness (QED) is 0.179. The Morgan fingerprint density at radius 1 is 0.364 bits per heavy atom. The van der Waals surface area contributed by atoms with Gasteiger partial charge in [0, 0.05) is 49.4 Å². The van der Waals surface area contributed by atoms with Gasteiger partial charge in [0.25, 0.3) is 0 Å². The van der Waals surface area contributed by atoms with Crippen LogP contribution in [0.25, 0.3) is 99.7 Å². The van der Waals surface area contributed by atoms with Gasteiger partial charge in [-0.3, -0.25) is 0 Å². The van der Waals surface area contributed by atoms with Crippen LogP contribution in [0.1, 0.15) is 5.56 Å². The van der Waals surface area contributed by atoms with E-state index in [0.29, 0.717) is 5.82 Å². The highest BCUT2D eigenvalue weighted by molar-refractivity contribution is 6.28. The van der Waals surface area contributed by atoms with E-state index in [9.17, 15) is 0 Å². The van der Waals surface area contributed by atoms with Crippen LogP contribution < -0.4 is 0 Å². The van der Waals surface area contributed by atoms with Gasteiger partial charge in [-0.1, -0.05) is 127 Å². The van der Waals surface area contributed by atoms with E-state index in [1.54, 1.807) is 0 Å². The molecule has 0 spiro atoms. The Morgan fingerprint density at radius 2 is 0.909 bits per heavy atom. The third-order valence-electron chi connectivity index (χ3n) is 11.0. The molecule has 8 aromatic carbocycles. The maximum atomic E-state index is 5.22. The fourth-order valence-electron chi connectivity index (χ4n) is 8.48. The molecular weight excluding hydrogens is 669 g/mol. The van der Waals surface area contributed by atoms with Crippen LogP contribution >= 0.6 is 0 Å². The lowest BCUT2D eigenvalue weighted by Gasteiger charge is -2.12. The second kappa shape index (κ2) is 12.4. The van der Waals surface area contributed by atoms with Gasteiger partial charge in [-0.25, -0.2) is 9.97 Å². The summed E-state index contributed by atoms with van der Waals surface area (Å²) in [7, 11) is 0. The predicted molar refractivity (Wildman–Crippen MR) is 229 cm³/mol. The Balaban J connectivity index is 1.05. The smallest absolute Gasteiger partial charge is 0.160 e. The average Bonchev–Trinajstić information content (AvgIpc) is 3.77. The zero-order valence-corrected chi connectivity index (χ0v) is 30.2. The zero-order valence-electron chi connectivity index (χ0n) is 30.2. The summed E-state index contributed by atoms with van der Waals surface area (Å²) in [6.45, 7) is 2.13. The Bertz CT molecular complexity index is 3240. The standard InChI is InChI=1S/C51H34N4/c1-33-12-11-13-37(32-33)34-22-24-35(25-23-34)50-40-16-5-8-19-43(40)52-51(53-50)36-26-28-39(29-27-36)55-45-21-10-7-18-42(45)49-47(55)31-30-46-48(49)41-17-6-9-20-44(41)54(46)38-14-3-2-4-15-38/h2-32H,1H3. The van der Waals surface area contributed by atoms with Crippen molar-refractivity contribution in [3.05, 3.63) is 194 Å². The van der Waals surface area contributed by atoms with E-state index in [-0.39, 0.29) is 0 Å². The third-order valence-corrected chi connectivity index (χ3v) is 11.0. The van der Waals surface area contributed by atoms with Crippen molar-refractivity contribution >= 4 is 54.5 Å². The summed E-state index contributed by atoms with van der Waals surface area (Å²) >= 11 is 0. The maximum absolute atomic E-state index is 5.22. The Morgan fingerprint density at radius 3 is 1.56 bits per heavy atom. The number of hydrogen-bond acceptors (Lipinski definition) is 2. The summed E-state index contributed by atoms with van der Waals surface area (Å²) in [6, 6.07) is 67.1. The molecule has 0 radical (unpaired) electrons. The van der Waals surface area contributed by atoms with Crippen LogP contribution in [0, 0.1) is 6.92 Å². The topological polar surface area (TPSA) is 35.6 Å². The molecule has 0 unspecified atom stereocenters. The van der Waals surface area contributed by atoms with Crippen LogP contribution in [0.4, 0.5) is 0 Å². The normalized spacial score (nSPS) is 11.7. The van der Waals surface area contributed by atoms with Crippen molar-refractivity contribution in [3.8, 4) is 45.1 Å². The molecule has 0 saturated carbocycles. The monoisotopic (exact) mass is 702 g/mol. The lowest BCUT2D eigenvalue weighted by atomic mass is 10.00. The Labute approximate surface area is 318 Å². The minimum absolute atomic E-state index is 0.709. The molecule has 11 rings (SSSR count). The van der Waals surface area contributed by atoms with Gasteiger partial charge in [0.05, 0.1) is 33.3 Å². The van der Waals surface area contributed by atoms with E-state index in [0.717, 1.165) is 39.1 Å². The largest absolute Gasteiger partial charge is 0.309 e.